The first-order valence-corrected chi connectivity index (χ1v) is 14.8. The minimum atomic E-state index is -1.37. The van der Waals surface area contributed by atoms with Crippen LogP contribution in [0.3, 0.4) is 0 Å². The molecule has 2 N–H and O–H groups in total. The number of hydrogen-bond acceptors (Lipinski definition) is 5. The summed E-state index contributed by atoms with van der Waals surface area (Å²) in [6.45, 7) is 3.84. The molecule has 0 bridgehead atoms. The number of carbonyl (C=O) groups is 4. The molecule has 3 aromatic carbocycles. The molecule has 6 atom stereocenters. The van der Waals surface area contributed by atoms with Crippen molar-refractivity contribution in [3.8, 4) is 5.75 Å². The van der Waals surface area contributed by atoms with Crippen molar-refractivity contribution < 1.29 is 24.3 Å². The Bertz CT molecular complexity index is 1750. The Labute approximate surface area is 249 Å². The maximum Gasteiger partial charge on any atom is 0.231 e. The molecule has 0 radical (unpaired) electrons. The van der Waals surface area contributed by atoms with E-state index in [1.165, 1.54) is 6.08 Å². The highest BCUT2D eigenvalue weighted by Crippen LogP contribution is 2.64. The van der Waals surface area contributed by atoms with Gasteiger partial charge in [0, 0.05) is 23.0 Å². The van der Waals surface area contributed by atoms with Crippen LogP contribution in [0, 0.1) is 23.7 Å². The predicted molar refractivity (Wildman–Crippen MR) is 162 cm³/mol. The average molecular weight is 570 g/mol. The number of nitrogens with one attached hydrogen (secondary N) is 1. The van der Waals surface area contributed by atoms with Gasteiger partial charge in [-0.3, -0.25) is 24.5 Å². The zero-order valence-electron chi connectivity index (χ0n) is 23.5. The molecule has 1 saturated carbocycles. The molecule has 4 aliphatic rings. The lowest BCUT2D eigenvalue weighted by Gasteiger charge is -2.55. The molecule has 43 heavy (non-hydrogen) atoms. The molecule has 1 aliphatic heterocycles. The smallest absolute Gasteiger partial charge is 0.231 e. The molecule has 6 nitrogen and oxygen atoms in total. The summed E-state index contributed by atoms with van der Waals surface area (Å²) in [7, 11) is 0. The van der Waals surface area contributed by atoms with Crippen molar-refractivity contribution >= 4 is 29.0 Å². The number of aromatic hydroxyl groups is 1. The second kappa shape index (κ2) is 10.2. The van der Waals surface area contributed by atoms with Crippen LogP contribution < -0.4 is 5.32 Å². The maximum atomic E-state index is 14.9. The van der Waals surface area contributed by atoms with Crippen LogP contribution in [0.15, 0.2) is 109 Å². The van der Waals surface area contributed by atoms with Gasteiger partial charge in [0.25, 0.3) is 0 Å². The summed E-state index contributed by atoms with van der Waals surface area (Å²) in [6.07, 6.45) is 6.19. The minimum Gasteiger partial charge on any atom is -0.507 e. The van der Waals surface area contributed by atoms with Crippen molar-refractivity contribution in [1.82, 2.24) is 5.32 Å². The minimum absolute atomic E-state index is 0.0511. The number of imide groups is 1. The van der Waals surface area contributed by atoms with Crippen molar-refractivity contribution in [2.24, 2.45) is 23.7 Å². The van der Waals surface area contributed by atoms with E-state index in [9.17, 15) is 24.3 Å². The third kappa shape index (κ3) is 3.86. The van der Waals surface area contributed by atoms with Gasteiger partial charge in [-0.05, 0) is 47.9 Å². The summed E-state index contributed by atoms with van der Waals surface area (Å²) < 4.78 is 0. The standard InChI is InChI=1S/C37H31NO5/c1-2-10-22-13-9-16-26(33(22)40)32-24-17-18-25-31(36(43)38-35(25)42)28(24)19-29-34(41)27(21-11-5-3-6-12-21)20-30(39)37(29,32)23-14-7-4-8-15-23/h2-9,11-17,20,25,28-29,31-32,40H,1,10,18-19H2,(H,38,42,43)/t25-,28+,29-,31-,32+,37-/m0/s1. The topological polar surface area (TPSA) is 101 Å². The van der Waals surface area contributed by atoms with E-state index in [-0.39, 0.29) is 35.6 Å². The molecular formula is C37H31NO5. The van der Waals surface area contributed by atoms with E-state index in [1.807, 2.05) is 84.9 Å². The Hall–Kier alpha value is -4.84. The first-order valence-electron chi connectivity index (χ1n) is 14.8. The van der Waals surface area contributed by atoms with E-state index < -0.39 is 35.0 Å². The van der Waals surface area contributed by atoms with Crippen molar-refractivity contribution in [2.45, 2.75) is 30.6 Å². The van der Waals surface area contributed by atoms with Gasteiger partial charge in [-0.15, -0.1) is 6.58 Å². The number of fused-ring (bicyclic) bond motifs is 4. The monoisotopic (exact) mass is 569 g/mol. The molecule has 6 heteroatoms. The first kappa shape index (κ1) is 27.0. The van der Waals surface area contributed by atoms with Crippen LogP contribution in [-0.2, 0) is 31.0 Å². The number of amides is 2. The molecule has 0 unspecified atom stereocenters. The van der Waals surface area contributed by atoms with Crippen molar-refractivity contribution in [3.63, 3.8) is 0 Å². The largest absolute Gasteiger partial charge is 0.507 e. The van der Waals surface area contributed by atoms with E-state index in [1.54, 1.807) is 6.08 Å². The molecule has 7 rings (SSSR count). The number of Topliss-reactive ketones (excluding diaryl/α,β-unsaturated/α-hetero) is 1. The zero-order valence-corrected chi connectivity index (χ0v) is 23.5. The van der Waals surface area contributed by atoms with Gasteiger partial charge < -0.3 is 5.11 Å². The van der Waals surface area contributed by atoms with Crippen LogP contribution in [0.25, 0.3) is 5.57 Å². The molecule has 1 saturated heterocycles. The Morgan fingerprint density at radius 1 is 0.884 bits per heavy atom. The molecule has 1 heterocycles. The lowest BCUT2D eigenvalue weighted by Crippen LogP contribution is -2.58. The number of para-hydroxylation sites is 1. The number of hydrogen-bond donors (Lipinski definition) is 2. The Morgan fingerprint density at radius 3 is 2.33 bits per heavy atom. The van der Waals surface area contributed by atoms with Gasteiger partial charge in [0.2, 0.25) is 11.8 Å². The highest BCUT2D eigenvalue weighted by Gasteiger charge is 2.65. The van der Waals surface area contributed by atoms with Crippen molar-refractivity contribution in [1.29, 1.82) is 0 Å². The van der Waals surface area contributed by atoms with Gasteiger partial charge in [0.15, 0.2) is 11.6 Å². The fraction of sp³-hybridized carbons (Fsp3) is 0.243. The Kier molecular flexibility index (Phi) is 6.38. The second-order valence-corrected chi connectivity index (χ2v) is 12.0. The SMILES string of the molecule is C=CCc1cccc([C@H]2C3=CC[C@@H]4C(=O)NC(=O)[C@@H]4[C@@H]3C[C@H]3C(=O)C(c4ccccc4)=CC(=O)[C@@]23c2ccccc2)c1O. The number of benzene rings is 3. The first-order chi connectivity index (χ1) is 20.9. The number of phenolic OH excluding ortho intramolecular Hbond substituents is 1. The van der Waals surface area contributed by atoms with Gasteiger partial charge >= 0.3 is 0 Å². The van der Waals surface area contributed by atoms with E-state index >= 15 is 0 Å². The highest BCUT2D eigenvalue weighted by molar-refractivity contribution is 6.31. The lowest BCUT2D eigenvalue weighted by atomic mass is 9.44. The van der Waals surface area contributed by atoms with E-state index in [2.05, 4.69) is 11.9 Å². The lowest BCUT2D eigenvalue weighted by molar-refractivity contribution is -0.135. The second-order valence-electron chi connectivity index (χ2n) is 12.0. The highest BCUT2D eigenvalue weighted by atomic mass is 16.3. The van der Waals surface area contributed by atoms with Crippen molar-refractivity contribution in [3.05, 3.63) is 131 Å². The van der Waals surface area contributed by atoms with Crippen molar-refractivity contribution in [2.75, 3.05) is 0 Å². The van der Waals surface area contributed by atoms with Crippen LogP contribution in [0.1, 0.15) is 41.0 Å². The average Bonchev–Trinajstić information content (AvgIpc) is 3.33. The molecular weight excluding hydrogens is 538 g/mol. The molecule has 214 valence electrons. The summed E-state index contributed by atoms with van der Waals surface area (Å²) in [4.78, 5) is 55.7. The summed E-state index contributed by atoms with van der Waals surface area (Å²) in [5.74, 6) is -4.16. The van der Waals surface area contributed by atoms with Gasteiger partial charge in [-0.25, -0.2) is 0 Å². The fourth-order valence-electron chi connectivity index (χ4n) is 8.29. The van der Waals surface area contributed by atoms with Gasteiger partial charge in [0.05, 0.1) is 17.3 Å². The van der Waals surface area contributed by atoms with Crippen LogP contribution in [-0.4, -0.2) is 28.5 Å². The number of ketones is 2. The van der Waals surface area contributed by atoms with E-state index in [4.69, 9.17) is 0 Å². The summed E-state index contributed by atoms with van der Waals surface area (Å²) in [6, 6.07) is 24.0. The Balaban J connectivity index is 1.55. The molecule has 0 spiro atoms. The van der Waals surface area contributed by atoms with Crippen LogP contribution in [0.4, 0.5) is 0 Å². The predicted octanol–water partition coefficient (Wildman–Crippen LogP) is 5.23. The number of rotatable bonds is 5. The quantitative estimate of drug-likeness (QED) is 0.324. The van der Waals surface area contributed by atoms with Gasteiger partial charge in [-0.2, -0.15) is 0 Å². The molecule has 3 aliphatic carbocycles. The fourth-order valence-corrected chi connectivity index (χ4v) is 8.29. The number of allylic oxidation sites excluding steroid dienone is 5. The third-order valence-electron chi connectivity index (χ3n) is 10.0. The van der Waals surface area contributed by atoms with Crippen LogP contribution in [0.5, 0.6) is 5.75 Å². The maximum absolute atomic E-state index is 14.9. The number of phenols is 1. The molecule has 3 aromatic rings. The summed E-state index contributed by atoms with van der Waals surface area (Å²) in [5, 5.41) is 14.3. The number of carbonyl (C=O) groups excluding carboxylic acids is 4. The van der Waals surface area contributed by atoms with Crippen LogP contribution >= 0.6 is 0 Å². The summed E-state index contributed by atoms with van der Waals surface area (Å²) >= 11 is 0. The summed E-state index contributed by atoms with van der Waals surface area (Å²) in [5.41, 5.74) is 2.35. The van der Waals surface area contributed by atoms with Crippen LogP contribution in [0.2, 0.25) is 0 Å². The third-order valence-corrected chi connectivity index (χ3v) is 10.0. The van der Waals surface area contributed by atoms with Gasteiger partial charge in [0.1, 0.15) is 5.75 Å². The normalized spacial score (nSPS) is 29.5. The van der Waals surface area contributed by atoms with E-state index in [0.29, 0.717) is 40.7 Å². The zero-order chi connectivity index (χ0) is 29.9. The molecule has 2 amide bonds. The van der Waals surface area contributed by atoms with E-state index in [0.717, 1.165) is 5.57 Å². The molecule has 2 fully saturated rings. The Morgan fingerprint density at radius 2 is 1.60 bits per heavy atom. The molecule has 0 aromatic heterocycles. The van der Waals surface area contributed by atoms with Gasteiger partial charge in [-0.1, -0.05) is 96.6 Å².